The van der Waals surface area contributed by atoms with Crippen molar-refractivity contribution < 1.29 is 0 Å². The molecule has 0 aliphatic rings. The van der Waals surface area contributed by atoms with Gasteiger partial charge in [-0.15, -0.1) is 10.2 Å². The first-order valence-electron chi connectivity index (χ1n) is 9.02. The standard InChI is InChI=1S/C21H21N5OS/c1-13-9-14(2)11-16(10-13)26-20(27)17-7-5-6-8-18(17)22-21(26)28-12-19-24-23-15(3)25(19)4/h5-11H,12H2,1-4H3. The molecule has 7 heteroatoms. The highest BCUT2D eigenvalue weighted by Gasteiger charge is 2.15. The van der Waals surface area contributed by atoms with Crippen LogP contribution in [0.15, 0.2) is 52.4 Å². The third-order valence-corrected chi connectivity index (χ3v) is 5.66. The molecular formula is C21H21N5OS. The Bertz CT molecular complexity index is 1220. The number of fused-ring (bicyclic) bond motifs is 1. The highest BCUT2D eigenvalue weighted by atomic mass is 32.2. The van der Waals surface area contributed by atoms with Crippen molar-refractivity contribution in [2.45, 2.75) is 31.7 Å². The molecule has 0 radical (unpaired) electrons. The predicted molar refractivity (Wildman–Crippen MR) is 112 cm³/mol. The summed E-state index contributed by atoms with van der Waals surface area (Å²) in [6.45, 7) is 5.98. The molecule has 142 valence electrons. The summed E-state index contributed by atoms with van der Waals surface area (Å²) in [6, 6.07) is 13.6. The van der Waals surface area contributed by atoms with E-state index in [2.05, 4.69) is 16.3 Å². The summed E-state index contributed by atoms with van der Waals surface area (Å²) in [5.74, 6) is 2.28. The Labute approximate surface area is 167 Å². The number of aryl methyl sites for hydroxylation is 3. The van der Waals surface area contributed by atoms with Gasteiger partial charge < -0.3 is 4.57 Å². The smallest absolute Gasteiger partial charge is 0.266 e. The lowest BCUT2D eigenvalue weighted by atomic mass is 10.1. The number of aromatic nitrogens is 5. The Hall–Kier alpha value is -2.93. The van der Waals surface area contributed by atoms with Crippen LogP contribution in [0.2, 0.25) is 0 Å². The van der Waals surface area contributed by atoms with E-state index in [1.54, 1.807) is 4.57 Å². The molecule has 0 spiro atoms. The Kier molecular flexibility index (Phi) is 4.77. The average molecular weight is 392 g/mol. The zero-order chi connectivity index (χ0) is 19.8. The summed E-state index contributed by atoms with van der Waals surface area (Å²) in [6.07, 6.45) is 0. The van der Waals surface area contributed by atoms with Crippen molar-refractivity contribution in [3.8, 4) is 5.69 Å². The van der Waals surface area contributed by atoms with E-state index in [0.29, 0.717) is 21.8 Å². The summed E-state index contributed by atoms with van der Waals surface area (Å²) in [5, 5.41) is 9.59. The Morgan fingerprint density at radius 2 is 1.71 bits per heavy atom. The molecule has 2 aromatic carbocycles. The summed E-state index contributed by atoms with van der Waals surface area (Å²) < 4.78 is 3.66. The molecular weight excluding hydrogens is 370 g/mol. The molecule has 0 N–H and O–H groups in total. The molecule has 2 heterocycles. The first-order valence-corrected chi connectivity index (χ1v) is 10.0. The van der Waals surface area contributed by atoms with Crippen molar-refractivity contribution in [1.29, 1.82) is 0 Å². The lowest BCUT2D eigenvalue weighted by Crippen LogP contribution is -2.22. The quantitative estimate of drug-likeness (QED) is 0.392. The van der Waals surface area contributed by atoms with E-state index in [0.717, 1.165) is 28.5 Å². The molecule has 2 aromatic heterocycles. The molecule has 0 bridgehead atoms. The number of nitrogens with zero attached hydrogens (tertiary/aromatic N) is 5. The molecule has 0 saturated carbocycles. The van der Waals surface area contributed by atoms with Crippen LogP contribution in [-0.2, 0) is 12.8 Å². The number of hydrogen-bond donors (Lipinski definition) is 0. The molecule has 0 aliphatic carbocycles. The maximum atomic E-state index is 13.3. The first kappa shape index (κ1) is 18.4. The minimum atomic E-state index is -0.0627. The maximum absolute atomic E-state index is 13.3. The van der Waals surface area contributed by atoms with Gasteiger partial charge in [0, 0.05) is 7.05 Å². The molecule has 0 saturated heterocycles. The number of hydrogen-bond acceptors (Lipinski definition) is 5. The Balaban J connectivity index is 1.88. The highest BCUT2D eigenvalue weighted by molar-refractivity contribution is 7.98. The third kappa shape index (κ3) is 3.33. The monoisotopic (exact) mass is 391 g/mol. The van der Waals surface area contributed by atoms with E-state index in [-0.39, 0.29) is 5.56 Å². The average Bonchev–Trinajstić information content (AvgIpc) is 2.97. The van der Waals surface area contributed by atoms with Gasteiger partial charge in [-0.05, 0) is 56.2 Å². The zero-order valence-electron chi connectivity index (χ0n) is 16.3. The van der Waals surface area contributed by atoms with Gasteiger partial charge >= 0.3 is 0 Å². The van der Waals surface area contributed by atoms with E-state index in [1.165, 1.54) is 11.8 Å². The second-order valence-corrected chi connectivity index (χ2v) is 7.85. The number of para-hydroxylation sites is 1. The normalized spacial score (nSPS) is 11.3. The molecule has 6 nitrogen and oxygen atoms in total. The first-order chi connectivity index (χ1) is 13.4. The molecule has 0 unspecified atom stereocenters. The Morgan fingerprint density at radius 1 is 1.00 bits per heavy atom. The zero-order valence-corrected chi connectivity index (χ0v) is 17.1. The van der Waals surface area contributed by atoms with Crippen LogP contribution >= 0.6 is 11.8 Å². The van der Waals surface area contributed by atoms with Gasteiger partial charge in [-0.1, -0.05) is 30.0 Å². The van der Waals surface area contributed by atoms with Gasteiger partial charge in [-0.3, -0.25) is 9.36 Å². The maximum Gasteiger partial charge on any atom is 0.266 e. The largest absolute Gasteiger partial charge is 0.318 e. The lowest BCUT2D eigenvalue weighted by molar-refractivity contribution is 0.802. The minimum Gasteiger partial charge on any atom is -0.318 e. The molecule has 0 fully saturated rings. The van der Waals surface area contributed by atoms with Crippen LogP contribution in [0.3, 0.4) is 0 Å². The van der Waals surface area contributed by atoms with Crippen LogP contribution in [0.4, 0.5) is 0 Å². The highest BCUT2D eigenvalue weighted by Crippen LogP contribution is 2.25. The van der Waals surface area contributed by atoms with Crippen LogP contribution < -0.4 is 5.56 Å². The van der Waals surface area contributed by atoms with Gasteiger partial charge in [0.25, 0.3) is 5.56 Å². The van der Waals surface area contributed by atoms with Crippen molar-refractivity contribution in [1.82, 2.24) is 24.3 Å². The molecule has 4 rings (SSSR count). The summed E-state index contributed by atoms with van der Waals surface area (Å²) >= 11 is 1.49. The molecule has 28 heavy (non-hydrogen) atoms. The van der Waals surface area contributed by atoms with Gasteiger partial charge in [-0.25, -0.2) is 4.98 Å². The SMILES string of the molecule is Cc1cc(C)cc(-n2c(SCc3nnc(C)n3C)nc3ccccc3c2=O)c1. The van der Waals surface area contributed by atoms with Crippen molar-refractivity contribution in [3.63, 3.8) is 0 Å². The topological polar surface area (TPSA) is 65.6 Å². The van der Waals surface area contributed by atoms with Gasteiger partial charge in [0.1, 0.15) is 11.6 Å². The fourth-order valence-corrected chi connectivity index (χ4v) is 4.21. The second-order valence-electron chi connectivity index (χ2n) is 6.91. The number of rotatable bonds is 4. The van der Waals surface area contributed by atoms with Gasteiger partial charge in [0.2, 0.25) is 0 Å². The molecule has 0 amide bonds. The summed E-state index contributed by atoms with van der Waals surface area (Å²) in [7, 11) is 1.94. The van der Waals surface area contributed by atoms with E-state index < -0.39 is 0 Å². The van der Waals surface area contributed by atoms with Crippen molar-refractivity contribution >= 4 is 22.7 Å². The van der Waals surface area contributed by atoms with Gasteiger partial charge in [0.15, 0.2) is 5.16 Å². The minimum absolute atomic E-state index is 0.0627. The second kappa shape index (κ2) is 7.24. The van der Waals surface area contributed by atoms with Crippen LogP contribution in [0.1, 0.15) is 22.8 Å². The van der Waals surface area contributed by atoms with Crippen LogP contribution in [0, 0.1) is 20.8 Å². The lowest BCUT2D eigenvalue weighted by Gasteiger charge is -2.14. The van der Waals surface area contributed by atoms with Crippen molar-refractivity contribution in [3.05, 3.63) is 75.6 Å². The number of thioether (sulfide) groups is 1. The summed E-state index contributed by atoms with van der Waals surface area (Å²) in [4.78, 5) is 18.1. The van der Waals surface area contributed by atoms with Crippen molar-refractivity contribution in [2.24, 2.45) is 7.05 Å². The fourth-order valence-electron chi connectivity index (χ4n) is 3.22. The number of benzene rings is 2. The molecule has 4 aromatic rings. The Morgan fingerprint density at radius 3 is 2.39 bits per heavy atom. The van der Waals surface area contributed by atoms with Gasteiger partial charge in [0.05, 0.1) is 22.3 Å². The van der Waals surface area contributed by atoms with Crippen LogP contribution in [0.5, 0.6) is 0 Å². The summed E-state index contributed by atoms with van der Waals surface area (Å²) in [5.41, 5.74) is 3.68. The molecule has 0 aliphatic heterocycles. The predicted octanol–water partition coefficient (Wildman–Crippen LogP) is 3.73. The third-order valence-electron chi connectivity index (χ3n) is 4.72. The van der Waals surface area contributed by atoms with E-state index in [9.17, 15) is 4.79 Å². The van der Waals surface area contributed by atoms with Gasteiger partial charge in [-0.2, -0.15) is 0 Å². The molecule has 0 atom stereocenters. The van der Waals surface area contributed by atoms with Crippen LogP contribution in [0.25, 0.3) is 16.6 Å². The van der Waals surface area contributed by atoms with E-state index in [4.69, 9.17) is 4.98 Å². The van der Waals surface area contributed by atoms with E-state index in [1.807, 2.05) is 68.8 Å². The van der Waals surface area contributed by atoms with Crippen LogP contribution in [-0.4, -0.2) is 24.3 Å². The van der Waals surface area contributed by atoms with Crippen molar-refractivity contribution in [2.75, 3.05) is 0 Å². The fraction of sp³-hybridized carbons (Fsp3) is 0.238. The van der Waals surface area contributed by atoms with E-state index >= 15 is 0 Å².